The number of carbonyl (C=O) groups is 4. The minimum absolute atomic E-state index is 0.0119. The van der Waals surface area contributed by atoms with Crippen LogP contribution >= 0.6 is 27.7 Å². The molecule has 2 amide bonds. The zero-order valence-electron chi connectivity index (χ0n) is 18.5. The molecule has 2 N–H and O–H groups in total. The molecule has 2 atom stereocenters. The number of aliphatic hydroxyl groups excluding tert-OH is 1. The molecule has 2 aliphatic heterocycles. The third-order valence-corrected chi connectivity index (χ3v) is 7.12. The molecule has 0 aromatic heterocycles. The first kappa shape index (κ1) is 25.3. The van der Waals surface area contributed by atoms with Crippen molar-refractivity contribution in [2.75, 3.05) is 19.0 Å². The van der Waals surface area contributed by atoms with E-state index >= 15 is 0 Å². The molecule has 184 valence electrons. The molecule has 0 bridgehead atoms. The van der Waals surface area contributed by atoms with Crippen molar-refractivity contribution in [2.24, 2.45) is 0 Å². The number of nitrogens with zero attached hydrogens (tertiary/aromatic N) is 2. The lowest BCUT2D eigenvalue weighted by Gasteiger charge is -2.48. The summed E-state index contributed by atoms with van der Waals surface area (Å²) >= 11 is 4.43. The monoisotopic (exact) mass is 571 g/mol. The summed E-state index contributed by atoms with van der Waals surface area (Å²) in [4.78, 5) is 51.1. The van der Waals surface area contributed by atoms with Crippen LogP contribution in [0.5, 0.6) is 5.75 Å². The summed E-state index contributed by atoms with van der Waals surface area (Å²) in [6, 6.07) is 13.9. The predicted molar refractivity (Wildman–Crippen MR) is 131 cm³/mol. The van der Waals surface area contributed by atoms with Gasteiger partial charge in [0, 0.05) is 10.0 Å². The van der Waals surface area contributed by atoms with Crippen molar-refractivity contribution in [2.45, 2.75) is 11.4 Å². The second-order valence-corrected chi connectivity index (χ2v) is 9.67. The Labute approximate surface area is 218 Å². The Balaban J connectivity index is 1.34. The normalized spacial score (nSPS) is 18.4. The quantitative estimate of drug-likeness (QED) is 0.276. The van der Waals surface area contributed by atoms with Crippen LogP contribution in [0.25, 0.3) is 0 Å². The summed E-state index contributed by atoms with van der Waals surface area (Å²) in [5.74, 6) is -2.78. The van der Waals surface area contributed by atoms with Crippen LogP contribution in [0.2, 0.25) is 0 Å². The van der Waals surface area contributed by atoms with Crippen LogP contribution in [0.15, 0.2) is 64.5 Å². The van der Waals surface area contributed by atoms with Crippen LogP contribution in [-0.4, -0.2) is 64.0 Å². The van der Waals surface area contributed by atoms with Gasteiger partial charge in [-0.2, -0.15) is 5.26 Å². The Morgan fingerprint density at radius 2 is 1.89 bits per heavy atom. The molecule has 36 heavy (non-hydrogen) atoms. The van der Waals surface area contributed by atoms with Gasteiger partial charge in [0.15, 0.2) is 24.7 Å². The van der Waals surface area contributed by atoms with Crippen LogP contribution < -0.4 is 10.1 Å². The van der Waals surface area contributed by atoms with Gasteiger partial charge in [-0.25, -0.2) is 4.79 Å². The van der Waals surface area contributed by atoms with E-state index in [1.807, 2.05) is 6.07 Å². The van der Waals surface area contributed by atoms with E-state index in [-0.39, 0.29) is 28.5 Å². The first-order chi connectivity index (χ1) is 17.3. The van der Waals surface area contributed by atoms with Gasteiger partial charge in [-0.3, -0.25) is 19.3 Å². The molecule has 4 rings (SSSR count). The summed E-state index contributed by atoms with van der Waals surface area (Å²) < 4.78 is 11.2. The van der Waals surface area contributed by atoms with Crippen LogP contribution in [0.4, 0.5) is 0 Å². The van der Waals surface area contributed by atoms with Crippen LogP contribution in [0.3, 0.4) is 0 Å². The highest BCUT2D eigenvalue weighted by molar-refractivity contribution is 9.10. The van der Waals surface area contributed by atoms with Gasteiger partial charge in [-0.15, -0.1) is 11.8 Å². The Hall–Kier alpha value is -3.82. The Kier molecular flexibility index (Phi) is 7.61. The number of amides is 2. The summed E-state index contributed by atoms with van der Waals surface area (Å²) in [5, 5.41) is 21.3. The van der Waals surface area contributed by atoms with Gasteiger partial charge in [0.1, 0.15) is 29.0 Å². The van der Waals surface area contributed by atoms with Crippen molar-refractivity contribution < 1.29 is 33.8 Å². The maximum absolute atomic E-state index is 12.7. The molecule has 1 fully saturated rings. The number of nitrogens with one attached hydrogen (secondary N) is 1. The minimum atomic E-state index is -1.02. The number of benzene rings is 2. The number of Topliss-reactive ketones (excluding diaryl/α,β-unsaturated/α-hetero) is 1. The van der Waals surface area contributed by atoms with Crippen molar-refractivity contribution in [3.8, 4) is 11.8 Å². The van der Waals surface area contributed by atoms with Crippen LogP contribution in [0.1, 0.15) is 15.9 Å². The van der Waals surface area contributed by atoms with E-state index in [1.165, 1.54) is 0 Å². The van der Waals surface area contributed by atoms with Gasteiger partial charge in [-0.05, 0) is 24.3 Å². The highest BCUT2D eigenvalue weighted by Crippen LogP contribution is 2.40. The highest BCUT2D eigenvalue weighted by Gasteiger charge is 2.54. The molecule has 0 saturated carbocycles. The topological polar surface area (TPSA) is 146 Å². The molecule has 1 unspecified atom stereocenters. The smallest absolute Gasteiger partial charge is 0.359 e. The molecule has 0 spiro atoms. The molecule has 2 heterocycles. The standard InChI is InChI=1S/C24H18BrN3O7S/c25-15-7-5-13(6-8-15)16(29)10-35-24(33)21-17(30)12-36-23-20(22(32)28(21)23)27-19(31)11-34-18-4-2-1-3-14(18)9-26/h1-8,20,23,30H,10-12H2,(H,27,31)/t20?,23-/m1/s1. The first-order valence-electron chi connectivity index (χ1n) is 10.5. The highest BCUT2D eigenvalue weighted by atomic mass is 79.9. The van der Waals surface area contributed by atoms with E-state index < -0.39 is 48.2 Å². The maximum Gasteiger partial charge on any atom is 0.359 e. The fourth-order valence-electron chi connectivity index (χ4n) is 3.56. The molecule has 1 saturated heterocycles. The van der Waals surface area contributed by atoms with Crippen LogP contribution in [0, 0.1) is 11.3 Å². The number of thioether (sulfide) groups is 1. The molecule has 2 aliphatic rings. The molecule has 0 aliphatic carbocycles. The Bertz CT molecular complexity index is 1310. The SMILES string of the molecule is N#Cc1ccccc1OCC(=O)NC1C(=O)N2C(C(=O)OCC(=O)c3ccc(Br)cc3)=C(O)CS[C@H]12. The minimum Gasteiger partial charge on any atom is -0.509 e. The summed E-state index contributed by atoms with van der Waals surface area (Å²) in [5.41, 5.74) is 0.252. The third-order valence-electron chi connectivity index (χ3n) is 5.32. The number of halogens is 1. The number of fused-ring (bicyclic) bond motifs is 1. The predicted octanol–water partition coefficient (Wildman–Crippen LogP) is 2.30. The lowest BCUT2D eigenvalue weighted by molar-refractivity contribution is -0.153. The second-order valence-electron chi connectivity index (χ2n) is 7.65. The molecule has 0 radical (unpaired) electrons. The van der Waals surface area contributed by atoms with Gasteiger partial charge in [-0.1, -0.05) is 40.2 Å². The van der Waals surface area contributed by atoms with Gasteiger partial charge in [0.25, 0.3) is 11.8 Å². The zero-order chi connectivity index (χ0) is 25.8. The summed E-state index contributed by atoms with van der Waals surface area (Å²) in [6.07, 6.45) is 0. The van der Waals surface area contributed by atoms with E-state index in [4.69, 9.17) is 14.7 Å². The number of aliphatic hydroxyl groups is 1. The second kappa shape index (κ2) is 10.8. The average molecular weight is 572 g/mol. The van der Waals surface area contributed by atoms with E-state index in [0.717, 1.165) is 21.1 Å². The average Bonchev–Trinajstić information content (AvgIpc) is 2.89. The molecule has 2 aromatic carbocycles. The van der Waals surface area contributed by atoms with Gasteiger partial charge in [0.05, 0.1) is 11.3 Å². The van der Waals surface area contributed by atoms with Crippen molar-refractivity contribution in [3.05, 3.63) is 75.6 Å². The van der Waals surface area contributed by atoms with Crippen molar-refractivity contribution in [1.82, 2.24) is 10.2 Å². The molecule has 12 heteroatoms. The summed E-state index contributed by atoms with van der Waals surface area (Å²) in [7, 11) is 0. The molecular formula is C24H18BrN3O7S. The number of rotatable bonds is 8. The van der Waals surface area contributed by atoms with Gasteiger partial charge >= 0.3 is 5.97 Å². The number of ketones is 1. The van der Waals surface area contributed by atoms with E-state index in [2.05, 4.69) is 21.2 Å². The Morgan fingerprint density at radius 3 is 2.61 bits per heavy atom. The number of β-lactam (4-membered cyclic amide) rings is 1. The Morgan fingerprint density at radius 1 is 1.17 bits per heavy atom. The molecule has 10 nitrogen and oxygen atoms in total. The largest absolute Gasteiger partial charge is 0.509 e. The number of nitriles is 1. The number of para-hydroxylation sites is 1. The van der Waals surface area contributed by atoms with E-state index in [0.29, 0.717) is 5.56 Å². The number of esters is 1. The van der Waals surface area contributed by atoms with Crippen molar-refractivity contribution >= 4 is 51.3 Å². The van der Waals surface area contributed by atoms with E-state index in [9.17, 15) is 24.3 Å². The van der Waals surface area contributed by atoms with Crippen molar-refractivity contribution in [1.29, 1.82) is 5.26 Å². The van der Waals surface area contributed by atoms with Crippen molar-refractivity contribution in [3.63, 3.8) is 0 Å². The number of hydrogen-bond acceptors (Lipinski definition) is 9. The third kappa shape index (κ3) is 5.22. The summed E-state index contributed by atoms with van der Waals surface area (Å²) in [6.45, 7) is -0.993. The van der Waals surface area contributed by atoms with Gasteiger partial charge in [0.2, 0.25) is 0 Å². The number of hydrogen-bond donors (Lipinski definition) is 2. The van der Waals surface area contributed by atoms with E-state index in [1.54, 1.807) is 48.5 Å². The lowest BCUT2D eigenvalue weighted by Crippen LogP contribution is -2.71. The fourth-order valence-corrected chi connectivity index (χ4v) is 5.02. The number of carbonyl (C=O) groups excluding carboxylic acids is 4. The first-order valence-corrected chi connectivity index (χ1v) is 12.4. The zero-order valence-corrected chi connectivity index (χ0v) is 20.9. The maximum atomic E-state index is 12.7. The fraction of sp³-hybridized carbons (Fsp3) is 0.208. The van der Waals surface area contributed by atoms with Gasteiger partial charge < -0.3 is 19.9 Å². The molecular weight excluding hydrogens is 554 g/mol. The number of ether oxygens (including phenoxy) is 2. The van der Waals surface area contributed by atoms with Crippen LogP contribution in [-0.2, 0) is 19.1 Å². The molecule has 2 aromatic rings. The lowest BCUT2D eigenvalue weighted by atomic mass is 10.0.